The standard InChI is InChI=1S/C29H32BrN3O6S/c1-3-31-29(35)25(17-21-7-5-4-6-8-21)32(19-22-9-11-23(30)12-10-22)28(34)20-33(40(2,36)37)24-13-14-26-27(18-24)39-16-15-38-26/h4-14,18,25H,3,15-17,19-20H2,1-2H3,(H,31,35). The van der Waals surface area contributed by atoms with Crippen LogP contribution >= 0.6 is 15.9 Å². The highest BCUT2D eigenvalue weighted by Crippen LogP contribution is 2.34. The van der Waals surface area contributed by atoms with Gasteiger partial charge in [0.2, 0.25) is 21.8 Å². The van der Waals surface area contributed by atoms with Gasteiger partial charge in [0.05, 0.1) is 11.9 Å². The van der Waals surface area contributed by atoms with Gasteiger partial charge in [0, 0.05) is 30.0 Å². The minimum Gasteiger partial charge on any atom is -0.486 e. The third kappa shape index (κ3) is 7.54. The lowest BCUT2D eigenvalue weighted by Crippen LogP contribution is -2.53. The van der Waals surface area contributed by atoms with E-state index in [2.05, 4.69) is 21.2 Å². The van der Waals surface area contributed by atoms with Crippen LogP contribution in [0.15, 0.2) is 77.3 Å². The number of benzene rings is 3. The van der Waals surface area contributed by atoms with Gasteiger partial charge in [-0.1, -0.05) is 58.4 Å². The van der Waals surface area contributed by atoms with Crippen LogP contribution in [0.2, 0.25) is 0 Å². The van der Waals surface area contributed by atoms with Gasteiger partial charge in [0.1, 0.15) is 25.8 Å². The van der Waals surface area contributed by atoms with E-state index in [0.717, 1.165) is 26.2 Å². The van der Waals surface area contributed by atoms with Crippen molar-refractivity contribution in [1.29, 1.82) is 0 Å². The molecule has 3 aromatic carbocycles. The summed E-state index contributed by atoms with van der Waals surface area (Å²) in [7, 11) is -3.88. The summed E-state index contributed by atoms with van der Waals surface area (Å²) in [4.78, 5) is 28.9. The van der Waals surface area contributed by atoms with Crippen LogP contribution in [0.4, 0.5) is 5.69 Å². The number of sulfonamides is 1. The fourth-order valence-corrected chi connectivity index (χ4v) is 5.54. The number of amides is 2. The number of nitrogens with zero attached hydrogens (tertiary/aromatic N) is 2. The summed E-state index contributed by atoms with van der Waals surface area (Å²) in [6.45, 7) is 2.54. The molecule has 4 rings (SSSR count). The van der Waals surface area contributed by atoms with E-state index >= 15 is 0 Å². The third-order valence-electron chi connectivity index (χ3n) is 6.38. The highest BCUT2D eigenvalue weighted by molar-refractivity contribution is 9.10. The maximum atomic E-state index is 14.0. The predicted molar refractivity (Wildman–Crippen MR) is 157 cm³/mol. The number of ether oxygens (including phenoxy) is 2. The molecule has 1 heterocycles. The minimum absolute atomic E-state index is 0.111. The summed E-state index contributed by atoms with van der Waals surface area (Å²) in [5, 5.41) is 2.84. The number of carbonyl (C=O) groups is 2. The lowest BCUT2D eigenvalue weighted by Gasteiger charge is -2.33. The molecular formula is C29H32BrN3O6S. The predicted octanol–water partition coefficient (Wildman–Crippen LogP) is 3.76. The lowest BCUT2D eigenvalue weighted by atomic mass is 10.0. The molecule has 0 saturated carbocycles. The van der Waals surface area contributed by atoms with Gasteiger partial charge in [-0.3, -0.25) is 13.9 Å². The van der Waals surface area contributed by atoms with Gasteiger partial charge in [0.15, 0.2) is 11.5 Å². The number of rotatable bonds is 11. The Morgan fingerprint density at radius 1 is 0.950 bits per heavy atom. The lowest BCUT2D eigenvalue weighted by molar-refractivity contribution is -0.140. The zero-order chi connectivity index (χ0) is 28.7. The van der Waals surface area contributed by atoms with Crippen LogP contribution < -0.4 is 19.1 Å². The molecule has 212 valence electrons. The molecule has 0 spiro atoms. The molecule has 3 aromatic rings. The number of halogens is 1. The van der Waals surface area contributed by atoms with Gasteiger partial charge in [-0.2, -0.15) is 0 Å². The summed E-state index contributed by atoms with van der Waals surface area (Å²) in [5.41, 5.74) is 1.93. The average Bonchev–Trinajstić information content (AvgIpc) is 2.94. The van der Waals surface area contributed by atoms with Crippen molar-refractivity contribution in [3.05, 3.63) is 88.4 Å². The van der Waals surface area contributed by atoms with Crippen molar-refractivity contribution in [2.24, 2.45) is 0 Å². The van der Waals surface area contributed by atoms with E-state index in [1.807, 2.05) is 61.5 Å². The van der Waals surface area contributed by atoms with Crippen molar-refractivity contribution >= 4 is 43.5 Å². The van der Waals surface area contributed by atoms with E-state index in [-0.39, 0.29) is 24.6 Å². The van der Waals surface area contributed by atoms with Crippen LogP contribution in [-0.4, -0.2) is 63.7 Å². The van der Waals surface area contributed by atoms with E-state index < -0.39 is 28.5 Å². The highest BCUT2D eigenvalue weighted by Gasteiger charge is 2.33. The van der Waals surface area contributed by atoms with Crippen LogP contribution in [0.1, 0.15) is 18.1 Å². The van der Waals surface area contributed by atoms with Gasteiger partial charge in [-0.25, -0.2) is 8.42 Å². The minimum atomic E-state index is -3.88. The fraction of sp³-hybridized carbons (Fsp3) is 0.310. The summed E-state index contributed by atoms with van der Waals surface area (Å²) in [5.74, 6) is 0.0733. The highest BCUT2D eigenvalue weighted by atomic mass is 79.9. The molecular weight excluding hydrogens is 598 g/mol. The van der Waals surface area contributed by atoms with E-state index in [1.54, 1.807) is 18.2 Å². The number of fused-ring (bicyclic) bond motifs is 1. The zero-order valence-corrected chi connectivity index (χ0v) is 24.8. The van der Waals surface area contributed by atoms with Crippen molar-refractivity contribution < 1.29 is 27.5 Å². The second-order valence-electron chi connectivity index (χ2n) is 9.35. The third-order valence-corrected chi connectivity index (χ3v) is 8.05. The number of hydrogen-bond donors (Lipinski definition) is 1. The van der Waals surface area contributed by atoms with Crippen LogP contribution in [0.25, 0.3) is 0 Å². The van der Waals surface area contributed by atoms with Crippen molar-refractivity contribution in [2.75, 3.05) is 36.9 Å². The van der Waals surface area contributed by atoms with Gasteiger partial charge in [0.25, 0.3) is 0 Å². The molecule has 0 radical (unpaired) electrons. The van der Waals surface area contributed by atoms with Crippen molar-refractivity contribution in [3.8, 4) is 11.5 Å². The van der Waals surface area contributed by atoms with E-state index in [9.17, 15) is 18.0 Å². The maximum Gasteiger partial charge on any atom is 0.244 e. The molecule has 40 heavy (non-hydrogen) atoms. The maximum absolute atomic E-state index is 14.0. The Bertz CT molecular complexity index is 1430. The van der Waals surface area contributed by atoms with Gasteiger partial charge in [-0.05, 0) is 42.3 Å². The Balaban J connectivity index is 1.71. The molecule has 1 atom stereocenters. The first-order chi connectivity index (χ1) is 19.2. The summed E-state index contributed by atoms with van der Waals surface area (Å²) >= 11 is 3.43. The molecule has 1 unspecified atom stereocenters. The SMILES string of the molecule is CCNC(=O)C(Cc1ccccc1)N(Cc1ccc(Br)cc1)C(=O)CN(c1ccc2c(c1)OCCO2)S(C)(=O)=O. The molecule has 0 aromatic heterocycles. The largest absolute Gasteiger partial charge is 0.486 e. The van der Waals surface area contributed by atoms with Crippen LogP contribution in [0.5, 0.6) is 11.5 Å². The van der Waals surface area contributed by atoms with Crippen LogP contribution in [0, 0.1) is 0 Å². The summed E-state index contributed by atoms with van der Waals surface area (Å²) in [6, 6.07) is 20.7. The second-order valence-corrected chi connectivity index (χ2v) is 12.2. The van der Waals surface area contributed by atoms with Crippen molar-refractivity contribution in [3.63, 3.8) is 0 Å². The zero-order valence-electron chi connectivity index (χ0n) is 22.4. The van der Waals surface area contributed by atoms with E-state index in [0.29, 0.717) is 31.3 Å². The summed E-state index contributed by atoms with van der Waals surface area (Å²) < 4.78 is 39.0. The molecule has 0 saturated heterocycles. The molecule has 9 nitrogen and oxygen atoms in total. The Labute approximate surface area is 243 Å². The second kappa shape index (κ2) is 13.2. The van der Waals surface area contributed by atoms with Gasteiger partial charge >= 0.3 is 0 Å². The molecule has 0 bridgehead atoms. The smallest absolute Gasteiger partial charge is 0.244 e. The molecule has 1 aliphatic rings. The number of likely N-dealkylation sites (N-methyl/N-ethyl adjacent to an activating group) is 1. The molecule has 0 fully saturated rings. The van der Waals surface area contributed by atoms with Gasteiger partial charge < -0.3 is 19.7 Å². The van der Waals surface area contributed by atoms with Crippen LogP contribution in [-0.2, 0) is 32.6 Å². The first kappa shape index (κ1) is 29.4. The van der Waals surface area contributed by atoms with Crippen molar-refractivity contribution in [1.82, 2.24) is 10.2 Å². The van der Waals surface area contributed by atoms with Gasteiger partial charge in [-0.15, -0.1) is 0 Å². The molecule has 1 aliphatic heterocycles. The van der Waals surface area contributed by atoms with E-state index in [1.165, 1.54) is 4.90 Å². The normalized spacial score (nSPS) is 13.3. The monoisotopic (exact) mass is 629 g/mol. The number of nitrogens with one attached hydrogen (secondary N) is 1. The first-order valence-corrected chi connectivity index (χ1v) is 15.5. The number of carbonyl (C=O) groups excluding carboxylic acids is 2. The topological polar surface area (TPSA) is 105 Å². The quantitative estimate of drug-likeness (QED) is 0.346. The number of anilines is 1. The van der Waals surface area contributed by atoms with Crippen molar-refractivity contribution in [2.45, 2.75) is 25.9 Å². The number of hydrogen-bond acceptors (Lipinski definition) is 6. The molecule has 2 amide bonds. The molecule has 1 N–H and O–H groups in total. The molecule has 0 aliphatic carbocycles. The summed E-state index contributed by atoms with van der Waals surface area (Å²) in [6.07, 6.45) is 1.30. The Morgan fingerprint density at radius 3 is 2.27 bits per heavy atom. The Kier molecular flexibility index (Phi) is 9.70. The molecule has 11 heteroatoms. The average molecular weight is 631 g/mol. The Morgan fingerprint density at radius 2 is 1.62 bits per heavy atom. The first-order valence-electron chi connectivity index (χ1n) is 12.9. The Hall–Kier alpha value is -3.57. The fourth-order valence-electron chi connectivity index (χ4n) is 4.43. The van der Waals surface area contributed by atoms with Crippen LogP contribution in [0.3, 0.4) is 0 Å². The van der Waals surface area contributed by atoms with E-state index in [4.69, 9.17) is 9.47 Å².